The fourth-order valence-corrected chi connectivity index (χ4v) is 1.42. The molecule has 1 unspecified atom stereocenters. The second kappa shape index (κ2) is 6.42. The molecule has 0 heterocycles. The molecule has 0 aromatic rings. The Morgan fingerprint density at radius 2 is 1.81 bits per heavy atom. The van der Waals surface area contributed by atoms with Crippen LogP contribution >= 0.6 is 12.4 Å². The number of hydrogen-bond donors (Lipinski definition) is 3. The fourth-order valence-electron chi connectivity index (χ4n) is 1.42. The zero-order valence-electron chi connectivity index (χ0n) is 10.8. The van der Waals surface area contributed by atoms with E-state index in [9.17, 15) is 9.90 Å². The highest BCUT2D eigenvalue weighted by Gasteiger charge is 2.25. The summed E-state index contributed by atoms with van der Waals surface area (Å²) < 4.78 is 0. The molecular weight excluding hydrogens is 228 g/mol. The van der Waals surface area contributed by atoms with E-state index in [1.165, 1.54) is 0 Å². The first-order valence-corrected chi connectivity index (χ1v) is 5.30. The number of rotatable bonds is 5. The summed E-state index contributed by atoms with van der Waals surface area (Å²) in [6.07, 6.45) is 0.293. The molecule has 0 aromatic carbocycles. The van der Waals surface area contributed by atoms with Crippen LogP contribution < -0.4 is 11.1 Å². The molecule has 0 saturated carbocycles. The monoisotopic (exact) mass is 252 g/mol. The van der Waals surface area contributed by atoms with Crippen LogP contribution in [0.15, 0.2) is 0 Å². The van der Waals surface area contributed by atoms with Gasteiger partial charge in [0.1, 0.15) is 0 Å². The highest BCUT2D eigenvalue weighted by molar-refractivity contribution is 5.85. The van der Waals surface area contributed by atoms with Crippen molar-refractivity contribution in [3.8, 4) is 0 Å². The van der Waals surface area contributed by atoms with Gasteiger partial charge in [0.15, 0.2) is 0 Å². The zero-order valence-corrected chi connectivity index (χ0v) is 11.6. The van der Waals surface area contributed by atoms with Crippen molar-refractivity contribution in [1.82, 2.24) is 5.32 Å². The Morgan fingerprint density at radius 3 is 2.12 bits per heavy atom. The molecule has 0 spiro atoms. The van der Waals surface area contributed by atoms with Crippen molar-refractivity contribution in [2.75, 3.05) is 6.54 Å². The first-order chi connectivity index (χ1) is 6.54. The van der Waals surface area contributed by atoms with E-state index in [1.807, 2.05) is 13.8 Å². The van der Waals surface area contributed by atoms with E-state index in [0.717, 1.165) is 0 Å². The van der Waals surface area contributed by atoms with Crippen LogP contribution in [0.5, 0.6) is 0 Å². The number of halogens is 1. The lowest BCUT2D eigenvalue weighted by molar-refractivity contribution is -0.125. The Balaban J connectivity index is 0. The van der Waals surface area contributed by atoms with Crippen LogP contribution in [-0.2, 0) is 4.79 Å². The molecule has 0 radical (unpaired) electrons. The SMILES string of the molecule is CC(O)CC(C)(C)CNC(=O)C(C)(C)N.Cl. The molecule has 0 bridgehead atoms. The van der Waals surface area contributed by atoms with Crippen molar-refractivity contribution < 1.29 is 9.90 Å². The number of carbonyl (C=O) groups excluding carboxylic acids is 1. The summed E-state index contributed by atoms with van der Waals surface area (Å²) in [4.78, 5) is 11.5. The predicted octanol–water partition coefficient (Wildman–Crippen LogP) is 1.06. The van der Waals surface area contributed by atoms with Crippen molar-refractivity contribution in [3.63, 3.8) is 0 Å². The minimum absolute atomic E-state index is 0. The summed E-state index contributed by atoms with van der Waals surface area (Å²) >= 11 is 0. The third-order valence-electron chi connectivity index (χ3n) is 2.16. The first-order valence-electron chi connectivity index (χ1n) is 5.30. The van der Waals surface area contributed by atoms with Gasteiger partial charge in [-0.05, 0) is 32.6 Å². The standard InChI is InChI=1S/C11H24N2O2.ClH/c1-8(14)6-10(2,3)7-13-9(15)11(4,5)12;/h8,14H,6-7,12H2,1-5H3,(H,13,15);1H. The van der Waals surface area contributed by atoms with Gasteiger partial charge in [-0.15, -0.1) is 12.4 Å². The number of aliphatic hydroxyl groups is 1. The van der Waals surface area contributed by atoms with E-state index >= 15 is 0 Å². The molecule has 1 atom stereocenters. The van der Waals surface area contributed by atoms with Gasteiger partial charge < -0.3 is 16.2 Å². The lowest BCUT2D eigenvalue weighted by Crippen LogP contribution is -2.51. The van der Waals surface area contributed by atoms with Crippen LogP contribution in [0.25, 0.3) is 0 Å². The Morgan fingerprint density at radius 1 is 1.38 bits per heavy atom. The van der Waals surface area contributed by atoms with Gasteiger partial charge >= 0.3 is 0 Å². The van der Waals surface area contributed by atoms with Gasteiger partial charge in [-0.25, -0.2) is 0 Å². The quantitative estimate of drug-likeness (QED) is 0.685. The third-order valence-corrected chi connectivity index (χ3v) is 2.16. The molecule has 98 valence electrons. The molecule has 0 aromatic heterocycles. The molecular formula is C11H25ClN2O2. The molecule has 5 heteroatoms. The van der Waals surface area contributed by atoms with E-state index in [4.69, 9.17) is 5.73 Å². The molecule has 16 heavy (non-hydrogen) atoms. The van der Waals surface area contributed by atoms with Gasteiger partial charge in [0.2, 0.25) is 5.91 Å². The number of nitrogens with one attached hydrogen (secondary N) is 1. The van der Waals surface area contributed by atoms with Gasteiger partial charge in [-0.3, -0.25) is 4.79 Å². The van der Waals surface area contributed by atoms with E-state index < -0.39 is 5.54 Å². The average molecular weight is 253 g/mol. The molecule has 4 N–H and O–H groups in total. The zero-order chi connectivity index (χ0) is 12.3. The fraction of sp³-hybridized carbons (Fsp3) is 0.909. The number of hydrogen-bond acceptors (Lipinski definition) is 3. The maximum absolute atomic E-state index is 11.5. The van der Waals surface area contributed by atoms with Gasteiger partial charge in [0, 0.05) is 6.54 Å². The largest absolute Gasteiger partial charge is 0.393 e. The van der Waals surface area contributed by atoms with Gasteiger partial charge in [-0.2, -0.15) is 0 Å². The summed E-state index contributed by atoms with van der Waals surface area (Å²) in [5.74, 6) is -0.166. The average Bonchev–Trinajstić information content (AvgIpc) is 1.95. The highest BCUT2D eigenvalue weighted by Crippen LogP contribution is 2.21. The van der Waals surface area contributed by atoms with Crippen LogP contribution in [0.2, 0.25) is 0 Å². The lowest BCUT2D eigenvalue weighted by atomic mass is 9.86. The maximum Gasteiger partial charge on any atom is 0.239 e. The van der Waals surface area contributed by atoms with Gasteiger partial charge in [-0.1, -0.05) is 13.8 Å². The third kappa shape index (κ3) is 7.91. The van der Waals surface area contributed by atoms with Crippen molar-refractivity contribution in [1.29, 1.82) is 0 Å². The van der Waals surface area contributed by atoms with E-state index in [2.05, 4.69) is 5.32 Å². The number of nitrogens with two attached hydrogens (primary N) is 1. The molecule has 0 aliphatic heterocycles. The van der Waals surface area contributed by atoms with E-state index in [1.54, 1.807) is 20.8 Å². The second-order valence-corrected chi connectivity index (χ2v) is 5.62. The lowest BCUT2D eigenvalue weighted by Gasteiger charge is -2.28. The molecule has 0 aliphatic rings. The van der Waals surface area contributed by atoms with E-state index in [-0.39, 0.29) is 29.8 Å². The smallest absolute Gasteiger partial charge is 0.239 e. The summed E-state index contributed by atoms with van der Waals surface area (Å²) in [7, 11) is 0. The minimum atomic E-state index is -0.846. The predicted molar refractivity (Wildman–Crippen MR) is 68.6 cm³/mol. The Hall–Kier alpha value is -0.320. The number of aliphatic hydroxyl groups excluding tert-OH is 1. The molecule has 1 amide bonds. The summed E-state index contributed by atoms with van der Waals surface area (Å²) in [5.41, 5.74) is 4.69. The van der Waals surface area contributed by atoms with Crippen LogP contribution in [0, 0.1) is 5.41 Å². The Labute approximate surface area is 104 Å². The summed E-state index contributed by atoms with van der Waals surface area (Å²) in [6, 6.07) is 0. The normalized spacial score (nSPS) is 13.9. The second-order valence-electron chi connectivity index (χ2n) is 5.62. The highest BCUT2D eigenvalue weighted by atomic mass is 35.5. The molecule has 0 saturated heterocycles. The number of amides is 1. The molecule has 4 nitrogen and oxygen atoms in total. The maximum atomic E-state index is 11.5. The van der Waals surface area contributed by atoms with Gasteiger partial charge in [0.05, 0.1) is 11.6 Å². The number of carbonyl (C=O) groups is 1. The van der Waals surface area contributed by atoms with Crippen LogP contribution in [0.1, 0.15) is 41.0 Å². The Bertz CT molecular complexity index is 223. The Kier molecular flexibility index (Phi) is 7.25. The first kappa shape index (κ1) is 18.1. The van der Waals surface area contributed by atoms with Crippen LogP contribution in [0.4, 0.5) is 0 Å². The van der Waals surface area contributed by atoms with Crippen LogP contribution in [-0.4, -0.2) is 29.2 Å². The van der Waals surface area contributed by atoms with Crippen molar-refractivity contribution in [2.24, 2.45) is 11.1 Å². The molecule has 0 aliphatic carbocycles. The van der Waals surface area contributed by atoms with Crippen molar-refractivity contribution in [3.05, 3.63) is 0 Å². The molecule has 0 fully saturated rings. The minimum Gasteiger partial charge on any atom is -0.393 e. The van der Waals surface area contributed by atoms with Crippen LogP contribution in [0.3, 0.4) is 0 Å². The van der Waals surface area contributed by atoms with Gasteiger partial charge in [0.25, 0.3) is 0 Å². The van der Waals surface area contributed by atoms with Crippen molar-refractivity contribution in [2.45, 2.75) is 52.7 Å². The summed E-state index contributed by atoms with van der Waals surface area (Å²) in [6.45, 7) is 9.62. The van der Waals surface area contributed by atoms with Crippen molar-refractivity contribution >= 4 is 18.3 Å². The van der Waals surface area contributed by atoms with E-state index in [0.29, 0.717) is 13.0 Å². The topological polar surface area (TPSA) is 75.3 Å². The molecule has 0 rings (SSSR count). The summed E-state index contributed by atoms with van der Waals surface area (Å²) in [5, 5.41) is 12.1.